The minimum absolute atomic E-state index is 0.211. The molecule has 0 saturated heterocycles. The van der Waals surface area contributed by atoms with Crippen LogP contribution >= 0.6 is 0 Å². The molecule has 4 aromatic carbocycles. The van der Waals surface area contributed by atoms with Crippen LogP contribution in [0.2, 0.25) is 0 Å². The van der Waals surface area contributed by atoms with E-state index in [-0.39, 0.29) is 5.91 Å². The lowest BCUT2D eigenvalue weighted by molar-refractivity contribution is 0.102. The summed E-state index contributed by atoms with van der Waals surface area (Å²) in [5.41, 5.74) is 2.14. The summed E-state index contributed by atoms with van der Waals surface area (Å²) in [5.74, 6) is 0.485. The Bertz CT molecular complexity index is 1100. The maximum atomic E-state index is 12.5. The lowest BCUT2D eigenvalue weighted by Gasteiger charge is -2.30. The van der Waals surface area contributed by atoms with E-state index >= 15 is 0 Å². The Hall–Kier alpha value is -3.89. The Kier molecular flexibility index (Phi) is 5.83. The van der Waals surface area contributed by atoms with Gasteiger partial charge in [-0.1, -0.05) is 72.8 Å². The Morgan fingerprint density at radius 3 is 1.68 bits per heavy atom. The van der Waals surface area contributed by atoms with Crippen LogP contribution in [-0.2, 0) is 5.60 Å². The minimum Gasteiger partial charge on any atom is -0.497 e. The monoisotopic (exact) mass is 409 g/mol. The number of aliphatic hydroxyl groups is 1. The summed E-state index contributed by atoms with van der Waals surface area (Å²) in [6.45, 7) is 0. The van der Waals surface area contributed by atoms with Gasteiger partial charge < -0.3 is 15.2 Å². The minimum atomic E-state index is -1.30. The van der Waals surface area contributed by atoms with Gasteiger partial charge in [0.2, 0.25) is 0 Å². The number of rotatable bonds is 6. The molecule has 0 aliphatic carbocycles. The zero-order chi connectivity index (χ0) is 21.7. The van der Waals surface area contributed by atoms with Crippen LogP contribution in [0, 0.1) is 0 Å². The molecule has 0 bridgehead atoms. The van der Waals surface area contributed by atoms with Gasteiger partial charge >= 0.3 is 0 Å². The molecule has 0 aliphatic rings. The van der Waals surface area contributed by atoms with E-state index in [0.717, 1.165) is 11.1 Å². The van der Waals surface area contributed by atoms with Gasteiger partial charge in [0.05, 0.1) is 7.11 Å². The second-order valence-electron chi connectivity index (χ2n) is 7.20. The van der Waals surface area contributed by atoms with Crippen LogP contribution in [0.1, 0.15) is 27.0 Å². The summed E-state index contributed by atoms with van der Waals surface area (Å²) in [5, 5.41) is 14.7. The first-order valence-electron chi connectivity index (χ1n) is 10.0. The molecule has 1 amide bonds. The fraction of sp³-hybridized carbons (Fsp3) is 0.0741. The summed E-state index contributed by atoms with van der Waals surface area (Å²) < 4.78 is 5.13. The summed E-state index contributed by atoms with van der Waals surface area (Å²) in [6, 6.07) is 33.3. The molecule has 4 nitrogen and oxygen atoms in total. The number of hydrogen-bond acceptors (Lipinski definition) is 3. The van der Waals surface area contributed by atoms with Gasteiger partial charge in [-0.3, -0.25) is 4.79 Å². The predicted octanol–water partition coefficient (Wildman–Crippen LogP) is 5.23. The smallest absolute Gasteiger partial charge is 0.255 e. The van der Waals surface area contributed by atoms with Gasteiger partial charge in [-0.15, -0.1) is 0 Å². The maximum Gasteiger partial charge on any atom is 0.255 e. The second kappa shape index (κ2) is 8.86. The molecule has 4 rings (SSSR count). The van der Waals surface area contributed by atoms with E-state index in [0.29, 0.717) is 22.6 Å². The standard InChI is InChI=1S/C27H23NO3/c1-31-25-18-12-20(13-19-25)26(29)28-24-16-14-23(15-17-24)27(30,21-8-4-2-5-9-21)22-10-6-3-7-11-22/h2-19,30H,1H3,(H,28,29). The molecule has 0 aliphatic heterocycles. The average molecular weight is 409 g/mol. The molecule has 0 atom stereocenters. The highest BCUT2D eigenvalue weighted by atomic mass is 16.5. The number of amides is 1. The number of benzene rings is 4. The number of hydrogen-bond donors (Lipinski definition) is 2. The quantitative estimate of drug-likeness (QED) is 0.429. The lowest BCUT2D eigenvalue weighted by atomic mass is 9.80. The van der Waals surface area contributed by atoms with E-state index in [1.165, 1.54) is 0 Å². The molecule has 0 fully saturated rings. The molecule has 0 saturated carbocycles. The summed E-state index contributed by atoms with van der Waals surface area (Å²) in [6.07, 6.45) is 0. The van der Waals surface area contributed by atoms with Crippen molar-refractivity contribution in [3.63, 3.8) is 0 Å². The number of anilines is 1. The molecule has 0 spiro atoms. The van der Waals surface area contributed by atoms with E-state index in [1.807, 2.05) is 72.8 Å². The Balaban J connectivity index is 1.62. The average Bonchev–Trinajstić information content (AvgIpc) is 2.85. The van der Waals surface area contributed by atoms with E-state index in [4.69, 9.17) is 4.74 Å². The lowest BCUT2D eigenvalue weighted by Crippen LogP contribution is -2.28. The van der Waals surface area contributed by atoms with Crippen molar-refractivity contribution in [1.29, 1.82) is 0 Å². The molecule has 2 N–H and O–H groups in total. The predicted molar refractivity (Wildman–Crippen MR) is 122 cm³/mol. The molecule has 0 aromatic heterocycles. The maximum absolute atomic E-state index is 12.5. The zero-order valence-electron chi connectivity index (χ0n) is 17.2. The first kappa shape index (κ1) is 20.4. The molecule has 4 heteroatoms. The van der Waals surface area contributed by atoms with Gasteiger partial charge in [0, 0.05) is 11.3 Å². The molecule has 4 aromatic rings. The van der Waals surface area contributed by atoms with Crippen LogP contribution in [0.3, 0.4) is 0 Å². The third-order valence-electron chi connectivity index (χ3n) is 5.30. The molecular weight excluding hydrogens is 386 g/mol. The van der Waals surface area contributed by atoms with Gasteiger partial charge in [0.25, 0.3) is 5.91 Å². The van der Waals surface area contributed by atoms with Gasteiger partial charge in [0.1, 0.15) is 11.4 Å². The molecule has 0 radical (unpaired) electrons. The van der Waals surface area contributed by atoms with Crippen molar-refractivity contribution >= 4 is 11.6 Å². The Labute approximate surface area is 181 Å². The van der Waals surface area contributed by atoms with Crippen molar-refractivity contribution in [2.75, 3.05) is 12.4 Å². The first-order chi connectivity index (χ1) is 15.1. The van der Waals surface area contributed by atoms with Gasteiger partial charge in [0.15, 0.2) is 0 Å². The van der Waals surface area contributed by atoms with Crippen LogP contribution in [0.15, 0.2) is 109 Å². The van der Waals surface area contributed by atoms with Crippen LogP contribution in [0.4, 0.5) is 5.69 Å². The van der Waals surface area contributed by atoms with Crippen LogP contribution in [0.5, 0.6) is 5.75 Å². The second-order valence-corrected chi connectivity index (χ2v) is 7.20. The van der Waals surface area contributed by atoms with Crippen molar-refractivity contribution in [3.05, 3.63) is 131 Å². The normalized spacial score (nSPS) is 11.0. The molecular formula is C27H23NO3. The number of carbonyl (C=O) groups excluding carboxylic acids is 1. The molecule has 0 heterocycles. The van der Waals surface area contributed by atoms with Gasteiger partial charge in [-0.25, -0.2) is 0 Å². The van der Waals surface area contributed by atoms with Crippen LogP contribution in [0.25, 0.3) is 0 Å². The third kappa shape index (κ3) is 4.20. The third-order valence-corrected chi connectivity index (χ3v) is 5.30. The Morgan fingerprint density at radius 1 is 0.710 bits per heavy atom. The summed E-state index contributed by atoms with van der Waals surface area (Å²) in [4.78, 5) is 12.5. The van der Waals surface area contributed by atoms with Crippen LogP contribution < -0.4 is 10.1 Å². The molecule has 154 valence electrons. The van der Waals surface area contributed by atoms with Crippen molar-refractivity contribution in [2.24, 2.45) is 0 Å². The van der Waals surface area contributed by atoms with Gasteiger partial charge in [-0.05, 0) is 53.1 Å². The summed E-state index contributed by atoms with van der Waals surface area (Å²) in [7, 11) is 1.59. The topological polar surface area (TPSA) is 58.6 Å². The number of nitrogens with one attached hydrogen (secondary N) is 1. The van der Waals surface area contributed by atoms with E-state index < -0.39 is 5.60 Å². The van der Waals surface area contributed by atoms with Crippen molar-refractivity contribution < 1.29 is 14.6 Å². The van der Waals surface area contributed by atoms with Gasteiger partial charge in [-0.2, -0.15) is 0 Å². The molecule has 31 heavy (non-hydrogen) atoms. The SMILES string of the molecule is COc1ccc(C(=O)Nc2ccc(C(O)(c3ccccc3)c3ccccc3)cc2)cc1. The Morgan fingerprint density at radius 2 is 1.19 bits per heavy atom. The highest BCUT2D eigenvalue weighted by Crippen LogP contribution is 2.36. The van der Waals surface area contributed by atoms with E-state index in [1.54, 1.807) is 43.5 Å². The van der Waals surface area contributed by atoms with Crippen molar-refractivity contribution in [2.45, 2.75) is 5.60 Å². The highest BCUT2D eigenvalue weighted by Gasteiger charge is 2.33. The summed E-state index contributed by atoms with van der Waals surface area (Å²) >= 11 is 0. The first-order valence-corrected chi connectivity index (χ1v) is 10.0. The number of carbonyl (C=O) groups is 1. The van der Waals surface area contributed by atoms with E-state index in [2.05, 4.69) is 5.32 Å². The number of methoxy groups -OCH3 is 1. The largest absolute Gasteiger partial charge is 0.497 e. The zero-order valence-corrected chi connectivity index (χ0v) is 17.2. The molecule has 0 unspecified atom stereocenters. The van der Waals surface area contributed by atoms with Crippen molar-refractivity contribution in [3.8, 4) is 5.75 Å². The van der Waals surface area contributed by atoms with E-state index in [9.17, 15) is 9.90 Å². The fourth-order valence-electron chi connectivity index (χ4n) is 3.60. The van der Waals surface area contributed by atoms with Crippen molar-refractivity contribution in [1.82, 2.24) is 0 Å². The fourth-order valence-corrected chi connectivity index (χ4v) is 3.60. The number of ether oxygens (including phenoxy) is 1. The van der Waals surface area contributed by atoms with Crippen LogP contribution in [-0.4, -0.2) is 18.1 Å². The highest BCUT2D eigenvalue weighted by molar-refractivity contribution is 6.04.